The van der Waals surface area contributed by atoms with E-state index < -0.39 is 24.1 Å². The molecule has 0 amide bonds. The lowest BCUT2D eigenvalue weighted by atomic mass is 10.1. The number of aromatic nitrogens is 2. The van der Waals surface area contributed by atoms with Crippen molar-refractivity contribution in [2.24, 2.45) is 5.11 Å². The fraction of sp³-hybridized carbons (Fsp3) is 0.333. The fourth-order valence-electron chi connectivity index (χ4n) is 2.72. The summed E-state index contributed by atoms with van der Waals surface area (Å²) in [6.45, 7) is -0.345. The molecule has 25 heavy (non-hydrogen) atoms. The molecule has 1 aromatic carbocycles. The highest BCUT2D eigenvalue weighted by molar-refractivity contribution is 5.73. The molecule has 1 aliphatic heterocycles. The summed E-state index contributed by atoms with van der Waals surface area (Å²) in [7, 11) is 0. The zero-order chi connectivity index (χ0) is 18.0. The Kier molecular flexibility index (Phi) is 4.68. The number of ether oxygens (including phenoxy) is 1. The van der Waals surface area contributed by atoms with Crippen LogP contribution in [0.15, 0.2) is 40.4 Å². The first kappa shape index (κ1) is 16.9. The van der Waals surface area contributed by atoms with Gasteiger partial charge >= 0.3 is 5.69 Å². The molecule has 0 saturated carbocycles. The van der Waals surface area contributed by atoms with Gasteiger partial charge in [0.05, 0.1) is 12.7 Å². The summed E-state index contributed by atoms with van der Waals surface area (Å²) in [5, 5.41) is 22.5. The van der Waals surface area contributed by atoms with Crippen LogP contribution >= 0.6 is 0 Å². The minimum Gasteiger partial charge on any atom is -0.394 e. The summed E-state index contributed by atoms with van der Waals surface area (Å²) in [5.74, 6) is 0.0510. The Balaban J connectivity index is 1.99. The lowest BCUT2D eigenvalue weighted by molar-refractivity contribution is -0.0458. The molecule has 0 bridgehead atoms. The summed E-state index contributed by atoms with van der Waals surface area (Å²) >= 11 is 0. The molecule has 1 aromatic heterocycles. The minimum atomic E-state index is -0.869. The van der Waals surface area contributed by atoms with Crippen LogP contribution in [0.4, 0.5) is 11.5 Å². The number of nitrogen functional groups attached to an aromatic ring is 1. The van der Waals surface area contributed by atoms with Crippen LogP contribution in [0, 0.1) is 0 Å². The second-order valence-electron chi connectivity index (χ2n) is 5.58. The van der Waals surface area contributed by atoms with Gasteiger partial charge in [-0.1, -0.05) is 29.4 Å². The average Bonchev–Trinajstić information content (AvgIpc) is 2.97. The van der Waals surface area contributed by atoms with Crippen LogP contribution in [0.25, 0.3) is 21.6 Å². The van der Waals surface area contributed by atoms with Gasteiger partial charge in [-0.2, -0.15) is 4.98 Å². The highest BCUT2D eigenvalue weighted by Gasteiger charge is 2.35. The topological polar surface area (TPSA) is 159 Å². The number of nitrogens with two attached hydrogens (primary N) is 1. The third-order valence-electron chi connectivity index (χ3n) is 4.01. The van der Waals surface area contributed by atoms with Gasteiger partial charge in [-0.05, 0) is 11.1 Å². The predicted molar refractivity (Wildman–Crippen MR) is 88.8 cm³/mol. The van der Waals surface area contributed by atoms with Crippen LogP contribution < -0.4 is 11.4 Å². The lowest BCUT2D eigenvalue weighted by Crippen LogP contribution is -2.28. The number of aliphatic hydroxyl groups excluding tert-OH is 2. The Labute approximate surface area is 141 Å². The number of anilines is 1. The van der Waals surface area contributed by atoms with Crippen molar-refractivity contribution < 1.29 is 14.9 Å². The number of hydrogen-bond acceptors (Lipinski definition) is 7. The number of rotatable bonds is 4. The molecule has 0 spiro atoms. The summed E-state index contributed by atoms with van der Waals surface area (Å²) in [6, 6.07) is 6.60. The molecule has 10 nitrogen and oxygen atoms in total. The Morgan fingerprint density at radius 1 is 1.44 bits per heavy atom. The SMILES string of the molecule is [N-]=[N+]=Nc1ccc(-c2cn([C@H]3C[C@H](O)[C@@H](CO)O3)c(=O)nc2N)cc1. The molecular formula is C15H16N6O4. The molecule has 3 rings (SSSR count). The molecule has 1 fully saturated rings. The standard InChI is InChI=1S/C15H16N6O4/c16-14-10(8-1-3-9(4-2-8)19-20-17)6-21(15(24)18-14)13-5-11(23)12(7-22)25-13/h1-4,6,11-13,22-23H,5,7H2,(H2,16,18,24)/t11-,12+,13+/m0/s1. The Bertz CT molecular complexity index is 875. The van der Waals surface area contributed by atoms with Crippen LogP contribution in [0.5, 0.6) is 0 Å². The van der Waals surface area contributed by atoms with Crippen LogP contribution in [-0.2, 0) is 4.74 Å². The van der Waals surface area contributed by atoms with Crippen molar-refractivity contribution in [3.63, 3.8) is 0 Å². The van der Waals surface area contributed by atoms with Gasteiger partial charge in [0.15, 0.2) is 0 Å². The molecule has 1 saturated heterocycles. The van der Waals surface area contributed by atoms with E-state index in [-0.39, 0.29) is 18.8 Å². The fourth-order valence-corrected chi connectivity index (χ4v) is 2.72. The largest absolute Gasteiger partial charge is 0.394 e. The van der Waals surface area contributed by atoms with Crippen molar-refractivity contribution in [3.8, 4) is 11.1 Å². The Morgan fingerprint density at radius 2 is 2.16 bits per heavy atom. The molecule has 4 N–H and O–H groups in total. The lowest BCUT2D eigenvalue weighted by Gasteiger charge is -2.16. The predicted octanol–water partition coefficient (Wildman–Crippen LogP) is 1.07. The molecule has 2 aromatic rings. The third kappa shape index (κ3) is 3.32. The quantitative estimate of drug-likeness (QED) is 0.427. The Hall–Kier alpha value is -2.91. The number of azide groups is 1. The van der Waals surface area contributed by atoms with Crippen LogP contribution in [0.1, 0.15) is 12.6 Å². The maximum Gasteiger partial charge on any atom is 0.351 e. The van der Waals surface area contributed by atoms with Crippen molar-refractivity contribution >= 4 is 11.5 Å². The van der Waals surface area contributed by atoms with Gasteiger partial charge in [0.25, 0.3) is 0 Å². The first-order chi connectivity index (χ1) is 12.0. The average molecular weight is 344 g/mol. The van der Waals surface area contributed by atoms with Crippen molar-refractivity contribution in [2.45, 2.75) is 24.9 Å². The van der Waals surface area contributed by atoms with Gasteiger partial charge in [0.2, 0.25) is 0 Å². The van der Waals surface area contributed by atoms with Gasteiger partial charge in [-0.25, -0.2) is 4.79 Å². The van der Waals surface area contributed by atoms with Crippen molar-refractivity contribution in [1.82, 2.24) is 9.55 Å². The van der Waals surface area contributed by atoms with Crippen LogP contribution in [0.3, 0.4) is 0 Å². The summed E-state index contributed by atoms with van der Waals surface area (Å²) in [6.07, 6.45) is -0.697. The zero-order valence-electron chi connectivity index (χ0n) is 13.1. The number of hydrogen-bond donors (Lipinski definition) is 3. The molecule has 130 valence electrons. The van der Waals surface area contributed by atoms with Gasteiger partial charge in [-0.3, -0.25) is 4.57 Å². The van der Waals surface area contributed by atoms with Crippen LogP contribution in [-0.4, -0.2) is 38.6 Å². The van der Waals surface area contributed by atoms with Crippen molar-refractivity contribution in [3.05, 3.63) is 51.4 Å². The van der Waals surface area contributed by atoms with E-state index in [0.717, 1.165) is 0 Å². The van der Waals surface area contributed by atoms with E-state index in [1.807, 2.05) is 0 Å². The van der Waals surface area contributed by atoms with Gasteiger partial charge in [0, 0.05) is 28.8 Å². The van der Waals surface area contributed by atoms with E-state index in [0.29, 0.717) is 16.8 Å². The molecule has 0 aliphatic carbocycles. The van der Waals surface area contributed by atoms with E-state index in [1.54, 1.807) is 24.3 Å². The minimum absolute atomic E-state index is 0.0510. The summed E-state index contributed by atoms with van der Waals surface area (Å²) in [5.41, 5.74) is 15.3. The maximum atomic E-state index is 12.1. The van der Waals surface area contributed by atoms with Crippen molar-refractivity contribution in [1.29, 1.82) is 0 Å². The van der Waals surface area contributed by atoms with Crippen LogP contribution in [0.2, 0.25) is 0 Å². The first-order valence-electron chi connectivity index (χ1n) is 7.52. The molecule has 10 heteroatoms. The van der Waals surface area contributed by atoms with Gasteiger partial charge in [0.1, 0.15) is 18.1 Å². The second kappa shape index (κ2) is 6.91. The van der Waals surface area contributed by atoms with Gasteiger partial charge < -0.3 is 20.7 Å². The molecule has 3 atom stereocenters. The van der Waals surface area contributed by atoms with E-state index in [9.17, 15) is 15.0 Å². The van der Waals surface area contributed by atoms with E-state index >= 15 is 0 Å². The number of nitrogens with zero attached hydrogens (tertiary/aromatic N) is 5. The van der Waals surface area contributed by atoms with E-state index in [1.165, 1.54) is 10.8 Å². The smallest absolute Gasteiger partial charge is 0.351 e. The first-order valence-corrected chi connectivity index (χ1v) is 7.52. The third-order valence-corrected chi connectivity index (χ3v) is 4.01. The maximum absolute atomic E-state index is 12.1. The number of benzene rings is 1. The molecule has 1 aliphatic rings. The highest BCUT2D eigenvalue weighted by atomic mass is 16.5. The zero-order valence-corrected chi connectivity index (χ0v) is 13.1. The number of aliphatic hydroxyl groups is 2. The molecule has 0 radical (unpaired) electrons. The second-order valence-corrected chi connectivity index (χ2v) is 5.58. The molecular weight excluding hydrogens is 328 g/mol. The molecule has 0 unspecified atom stereocenters. The van der Waals surface area contributed by atoms with E-state index in [2.05, 4.69) is 15.0 Å². The summed E-state index contributed by atoms with van der Waals surface area (Å²) in [4.78, 5) is 18.7. The highest BCUT2D eigenvalue weighted by Crippen LogP contribution is 2.30. The Morgan fingerprint density at radius 3 is 2.76 bits per heavy atom. The summed E-state index contributed by atoms with van der Waals surface area (Å²) < 4.78 is 6.74. The molecule has 2 heterocycles. The monoisotopic (exact) mass is 344 g/mol. The van der Waals surface area contributed by atoms with E-state index in [4.69, 9.17) is 16.0 Å². The van der Waals surface area contributed by atoms with Crippen molar-refractivity contribution in [2.75, 3.05) is 12.3 Å². The normalized spacial score (nSPS) is 22.6. The van der Waals surface area contributed by atoms with Gasteiger partial charge in [-0.15, -0.1) is 0 Å².